The smallest absolute Gasteiger partial charge is 0.400 e. The van der Waals surface area contributed by atoms with Gasteiger partial charge in [0.2, 0.25) is 0 Å². The molecule has 0 aliphatic heterocycles. The van der Waals surface area contributed by atoms with Gasteiger partial charge in [0.1, 0.15) is 19.0 Å². The minimum atomic E-state index is -4.43. The second-order valence-electron chi connectivity index (χ2n) is 21.1. The molecule has 0 heterocycles. The maximum Gasteiger partial charge on any atom is 0.400 e. The summed E-state index contributed by atoms with van der Waals surface area (Å²) in [4.78, 5) is 38.6. The molecule has 0 aromatic rings. The quantitative estimate of drug-likeness (QED) is 0.0343. The van der Waals surface area contributed by atoms with Gasteiger partial charge in [0.25, 0.3) is 0 Å². The Hall–Kier alpha value is -1.78. The van der Waals surface area contributed by atoms with E-state index in [4.69, 9.17) is 17.8 Å². The average molecular weight is 919 g/mol. The summed E-state index contributed by atoms with van der Waals surface area (Å²) in [5.74, 6) is 1.04. The van der Waals surface area contributed by atoms with Gasteiger partial charge in [-0.3, -0.25) is 14.4 Å². The number of carbonyl (C=O) groups is 3. The van der Waals surface area contributed by atoms with E-state index in [-0.39, 0.29) is 36.2 Å². The summed E-state index contributed by atoms with van der Waals surface area (Å²) >= 11 is 0. The number of hydrogen-bond donors (Lipinski definition) is 0. The van der Waals surface area contributed by atoms with Crippen LogP contribution in [0.4, 0.5) is 0 Å². The molecule has 4 aliphatic carbocycles. The van der Waals surface area contributed by atoms with E-state index in [1.807, 2.05) is 0 Å². The van der Waals surface area contributed by atoms with Crippen LogP contribution in [-0.4, -0.2) is 51.6 Å². The number of carbonyl (C=O) groups excluding carboxylic acids is 3. The van der Waals surface area contributed by atoms with Crippen molar-refractivity contribution in [3.8, 4) is 0 Å². The van der Waals surface area contributed by atoms with Crippen molar-refractivity contribution in [2.75, 3.05) is 13.2 Å². The Morgan fingerprint density at radius 1 is 0.625 bits per heavy atom. The van der Waals surface area contributed by atoms with Gasteiger partial charge in [-0.15, -0.1) is 0 Å². The lowest BCUT2D eigenvalue weighted by atomic mass is 9.48. The largest absolute Gasteiger partial charge is 0.462 e. The molecule has 4 aliphatic rings. The van der Waals surface area contributed by atoms with Gasteiger partial charge in [-0.1, -0.05) is 193 Å². The summed E-state index contributed by atoms with van der Waals surface area (Å²) in [6.45, 7) is 8.30. The van der Waals surface area contributed by atoms with Crippen molar-refractivity contribution in [1.82, 2.24) is 0 Å². The maximum absolute atomic E-state index is 13.3. The molecule has 3 saturated carbocycles. The number of hydrogen-bond acceptors (Lipinski definition) is 9. The molecule has 9 nitrogen and oxygen atoms in total. The number of ether oxygens (including phenoxy) is 2. The first-order chi connectivity index (χ1) is 30.9. The first-order valence-corrected chi connectivity index (χ1v) is 28.4. The summed E-state index contributed by atoms with van der Waals surface area (Å²) < 4.78 is 48.9. The molecule has 64 heavy (non-hydrogen) atoms. The highest BCUT2D eigenvalue weighted by atomic mass is 32.3. The molecule has 7 atom stereocenters. The van der Waals surface area contributed by atoms with Gasteiger partial charge in [-0.05, 0) is 81.0 Å². The van der Waals surface area contributed by atoms with Crippen LogP contribution < -0.4 is 0 Å². The van der Waals surface area contributed by atoms with Crippen molar-refractivity contribution in [2.45, 2.75) is 271 Å². The Kier molecular flexibility index (Phi) is 25.6. The van der Waals surface area contributed by atoms with Crippen LogP contribution in [0.3, 0.4) is 0 Å². The molecule has 1 unspecified atom stereocenters. The summed E-state index contributed by atoms with van der Waals surface area (Å²) in [5, 5.41) is 0. The number of Topliss-reactive ketones (excluding diaryl/α,β-unsaturated/α-hetero) is 1. The van der Waals surface area contributed by atoms with Crippen LogP contribution in [0.2, 0.25) is 0 Å². The molecular formula is C54H94O9S. The number of allylic oxidation sites excluding steroid dienone is 1. The van der Waals surface area contributed by atoms with E-state index in [2.05, 4.69) is 33.8 Å². The van der Waals surface area contributed by atoms with Gasteiger partial charge in [0, 0.05) is 24.7 Å². The molecule has 0 bridgehead atoms. The third-order valence-electron chi connectivity index (χ3n) is 16.1. The van der Waals surface area contributed by atoms with Crippen LogP contribution in [-0.2, 0) is 42.6 Å². The van der Waals surface area contributed by atoms with Gasteiger partial charge >= 0.3 is 22.3 Å². The number of unbranched alkanes of at least 4 members (excludes halogenated alkanes) is 24. The SMILES string of the molecule is CCCCCCCCCCCCCCCC(=O)OCC(COS(=O)(=O)O[C@H]1CC[C@@]2(C)C(=CC[C@H]3[C@@H]2CC[C@]2(C)C(=O)CC[C@@H]32)C1)OC(=O)CCCCCCCCCCCCCCC. The molecule has 0 amide bonds. The van der Waals surface area contributed by atoms with E-state index in [1.54, 1.807) is 0 Å². The molecule has 0 radical (unpaired) electrons. The Balaban J connectivity index is 1.18. The van der Waals surface area contributed by atoms with Crippen LogP contribution in [0.15, 0.2) is 11.6 Å². The molecule has 0 aromatic heterocycles. The van der Waals surface area contributed by atoms with Crippen LogP contribution in [0, 0.1) is 28.6 Å². The maximum atomic E-state index is 13.3. The van der Waals surface area contributed by atoms with Crippen molar-refractivity contribution in [3.05, 3.63) is 11.6 Å². The topological polar surface area (TPSA) is 122 Å². The Morgan fingerprint density at radius 3 is 1.62 bits per heavy atom. The summed E-state index contributed by atoms with van der Waals surface area (Å²) in [7, 11) is -4.43. The highest BCUT2D eigenvalue weighted by Gasteiger charge is 2.58. The minimum absolute atomic E-state index is 0.0241. The fourth-order valence-corrected chi connectivity index (χ4v) is 12.9. The van der Waals surface area contributed by atoms with Crippen LogP contribution in [0.1, 0.15) is 259 Å². The summed E-state index contributed by atoms with van der Waals surface area (Å²) in [6, 6.07) is 0. The van der Waals surface area contributed by atoms with E-state index in [9.17, 15) is 22.8 Å². The normalized spacial score (nSPS) is 25.9. The monoisotopic (exact) mass is 919 g/mol. The van der Waals surface area contributed by atoms with Gasteiger partial charge in [-0.25, -0.2) is 8.37 Å². The van der Waals surface area contributed by atoms with Crippen molar-refractivity contribution < 1.29 is 40.6 Å². The van der Waals surface area contributed by atoms with Crippen molar-refractivity contribution in [2.24, 2.45) is 28.6 Å². The third kappa shape index (κ3) is 18.7. The third-order valence-corrected chi connectivity index (χ3v) is 17.0. The average Bonchev–Trinajstić information content (AvgIpc) is 3.58. The molecule has 10 heteroatoms. The Morgan fingerprint density at radius 2 is 1.09 bits per heavy atom. The summed E-state index contributed by atoms with van der Waals surface area (Å²) in [5.41, 5.74) is 1.06. The zero-order chi connectivity index (χ0) is 46.1. The first-order valence-electron chi connectivity index (χ1n) is 27.1. The lowest BCUT2D eigenvalue weighted by Gasteiger charge is -2.56. The van der Waals surface area contributed by atoms with Crippen LogP contribution in [0.5, 0.6) is 0 Å². The molecule has 0 spiro atoms. The number of ketones is 1. The number of fused-ring (bicyclic) bond motifs is 5. The van der Waals surface area contributed by atoms with E-state index in [1.165, 1.54) is 128 Å². The van der Waals surface area contributed by atoms with Crippen LogP contribution in [0.25, 0.3) is 0 Å². The van der Waals surface area contributed by atoms with E-state index < -0.39 is 35.2 Å². The van der Waals surface area contributed by atoms with Gasteiger partial charge in [0.15, 0.2) is 6.10 Å². The molecule has 4 rings (SSSR count). The number of esters is 2. The molecule has 370 valence electrons. The highest BCUT2D eigenvalue weighted by Crippen LogP contribution is 2.64. The van der Waals surface area contributed by atoms with E-state index in [0.717, 1.165) is 70.6 Å². The first kappa shape index (κ1) is 54.8. The number of rotatable bonds is 36. The minimum Gasteiger partial charge on any atom is -0.462 e. The van der Waals surface area contributed by atoms with Gasteiger partial charge in [-0.2, -0.15) is 8.42 Å². The standard InChI is InChI=1S/C54H94O9S/c1-5-7-9-11-13-15-17-19-21-23-25-27-29-31-51(56)60-42-46(62-52(57)32-30-28-26-24-22-20-18-16-14-12-10-8-6-2)43-61-64(58,59)63-45-37-39-53(3)44(41-45)33-34-47-48-35-36-50(55)54(48,4)40-38-49(47)53/h33,45-49H,5-32,34-43H2,1-4H3/t45-,46?,47+,48-,49-,53-,54-/m0/s1. The molecule has 0 aromatic carbocycles. The Bertz CT molecular complexity index is 1490. The second kappa shape index (κ2) is 29.9. The molecule has 3 fully saturated rings. The van der Waals surface area contributed by atoms with Gasteiger partial charge < -0.3 is 9.47 Å². The van der Waals surface area contributed by atoms with E-state index in [0.29, 0.717) is 49.2 Å². The van der Waals surface area contributed by atoms with E-state index >= 15 is 0 Å². The fourth-order valence-electron chi connectivity index (χ4n) is 12.0. The fraction of sp³-hybridized carbons (Fsp3) is 0.907. The highest BCUT2D eigenvalue weighted by molar-refractivity contribution is 7.81. The lowest BCUT2D eigenvalue weighted by Crippen LogP contribution is -2.50. The van der Waals surface area contributed by atoms with Crippen molar-refractivity contribution in [3.63, 3.8) is 0 Å². The zero-order valence-corrected chi connectivity index (χ0v) is 42.2. The lowest BCUT2D eigenvalue weighted by molar-refractivity contribution is -0.161. The zero-order valence-electron chi connectivity index (χ0n) is 41.4. The molecule has 0 N–H and O–H groups in total. The van der Waals surface area contributed by atoms with Crippen LogP contribution >= 0.6 is 0 Å². The molecule has 0 saturated heterocycles. The summed E-state index contributed by atoms with van der Waals surface area (Å²) in [6.07, 6.45) is 39.3. The molecular weight excluding hydrogens is 825 g/mol. The predicted octanol–water partition coefficient (Wildman–Crippen LogP) is 14.6. The van der Waals surface area contributed by atoms with Gasteiger partial charge in [0.05, 0.1) is 6.10 Å². The second-order valence-corrected chi connectivity index (χ2v) is 22.4. The van der Waals surface area contributed by atoms with Crippen molar-refractivity contribution >= 4 is 28.1 Å². The predicted molar refractivity (Wildman–Crippen MR) is 258 cm³/mol. The van der Waals surface area contributed by atoms with Crippen molar-refractivity contribution in [1.29, 1.82) is 0 Å². The Labute approximate surface area is 391 Å².